The Morgan fingerprint density at radius 2 is 2.38 bits per heavy atom. The Bertz CT molecular complexity index is 620. The molecule has 0 aromatic carbocycles. The average molecular weight is 304 g/mol. The van der Waals surface area contributed by atoms with Crippen LogP contribution in [0, 0.1) is 0 Å². The first-order valence-electron chi connectivity index (χ1n) is 6.71. The SMILES string of the molecule is Cn1cc(NC(=O)c2ccc(OC3CCSC3)nc2)cn1. The molecule has 0 bridgehead atoms. The van der Waals surface area contributed by atoms with Gasteiger partial charge in [0.2, 0.25) is 5.88 Å². The Morgan fingerprint density at radius 1 is 1.48 bits per heavy atom. The molecule has 3 heterocycles. The summed E-state index contributed by atoms with van der Waals surface area (Å²) >= 11 is 1.89. The lowest BCUT2D eigenvalue weighted by Gasteiger charge is -2.11. The number of amides is 1. The van der Waals surface area contributed by atoms with Crippen molar-refractivity contribution in [2.75, 3.05) is 16.8 Å². The molecule has 1 atom stereocenters. The van der Waals surface area contributed by atoms with Crippen LogP contribution in [0.4, 0.5) is 5.69 Å². The monoisotopic (exact) mass is 304 g/mol. The number of aryl methyl sites for hydroxylation is 1. The number of hydrogen-bond donors (Lipinski definition) is 1. The van der Waals surface area contributed by atoms with E-state index in [1.165, 1.54) is 6.20 Å². The van der Waals surface area contributed by atoms with E-state index in [2.05, 4.69) is 15.4 Å². The topological polar surface area (TPSA) is 69.0 Å². The molecule has 2 aromatic rings. The van der Waals surface area contributed by atoms with Gasteiger partial charge in [0.05, 0.1) is 17.4 Å². The maximum Gasteiger partial charge on any atom is 0.257 e. The third-order valence-corrected chi connectivity index (χ3v) is 4.27. The molecule has 1 fully saturated rings. The number of aromatic nitrogens is 3. The van der Waals surface area contributed by atoms with Crippen molar-refractivity contribution in [3.05, 3.63) is 36.3 Å². The number of pyridine rings is 1. The number of nitrogens with one attached hydrogen (secondary N) is 1. The van der Waals surface area contributed by atoms with Crippen molar-refractivity contribution in [1.29, 1.82) is 0 Å². The van der Waals surface area contributed by atoms with Gasteiger partial charge < -0.3 is 10.1 Å². The first-order valence-corrected chi connectivity index (χ1v) is 7.86. The first-order chi connectivity index (χ1) is 10.2. The zero-order valence-electron chi connectivity index (χ0n) is 11.7. The van der Waals surface area contributed by atoms with Crippen molar-refractivity contribution in [3.63, 3.8) is 0 Å². The minimum absolute atomic E-state index is 0.210. The molecule has 1 aliphatic rings. The van der Waals surface area contributed by atoms with Crippen LogP contribution >= 0.6 is 11.8 Å². The number of nitrogens with zero attached hydrogens (tertiary/aromatic N) is 3. The standard InChI is InChI=1S/C14H16N4O2S/c1-18-8-11(7-16-18)17-14(19)10-2-3-13(15-6-10)20-12-4-5-21-9-12/h2-3,6-8,12H,4-5,9H2,1H3,(H,17,19). The van der Waals surface area contributed by atoms with Crippen LogP contribution in [-0.2, 0) is 7.05 Å². The Labute approximate surface area is 126 Å². The molecule has 110 valence electrons. The molecule has 0 saturated carbocycles. The molecule has 0 radical (unpaired) electrons. The third kappa shape index (κ3) is 3.55. The molecule has 7 heteroatoms. The summed E-state index contributed by atoms with van der Waals surface area (Å²) in [5, 5.41) is 6.76. The summed E-state index contributed by atoms with van der Waals surface area (Å²) in [5.41, 5.74) is 1.15. The van der Waals surface area contributed by atoms with Gasteiger partial charge in [-0.15, -0.1) is 0 Å². The van der Waals surface area contributed by atoms with E-state index in [1.54, 1.807) is 36.3 Å². The van der Waals surface area contributed by atoms with Crippen molar-refractivity contribution in [3.8, 4) is 5.88 Å². The Balaban J connectivity index is 1.61. The maximum absolute atomic E-state index is 12.0. The van der Waals surface area contributed by atoms with Crippen LogP contribution in [0.25, 0.3) is 0 Å². The van der Waals surface area contributed by atoms with Crippen molar-refractivity contribution in [2.24, 2.45) is 7.05 Å². The van der Waals surface area contributed by atoms with Crippen molar-refractivity contribution in [2.45, 2.75) is 12.5 Å². The van der Waals surface area contributed by atoms with E-state index in [0.717, 1.165) is 17.9 Å². The third-order valence-electron chi connectivity index (χ3n) is 3.14. The summed E-state index contributed by atoms with van der Waals surface area (Å²) in [5.74, 6) is 2.50. The van der Waals surface area contributed by atoms with Gasteiger partial charge in [0, 0.05) is 31.3 Å². The van der Waals surface area contributed by atoms with Crippen molar-refractivity contribution < 1.29 is 9.53 Å². The normalized spacial score (nSPS) is 17.7. The second kappa shape index (κ2) is 6.17. The number of carbonyl (C=O) groups is 1. The van der Waals surface area contributed by atoms with E-state index in [9.17, 15) is 4.79 Å². The van der Waals surface area contributed by atoms with E-state index in [-0.39, 0.29) is 12.0 Å². The zero-order chi connectivity index (χ0) is 14.7. The second-order valence-corrected chi connectivity index (χ2v) is 6.00. The van der Waals surface area contributed by atoms with Crippen LogP contribution in [0.5, 0.6) is 5.88 Å². The van der Waals surface area contributed by atoms with Crippen LogP contribution in [-0.4, -0.2) is 38.3 Å². The average Bonchev–Trinajstić information content (AvgIpc) is 3.12. The molecule has 1 N–H and O–H groups in total. The van der Waals surface area contributed by atoms with Crippen molar-refractivity contribution in [1.82, 2.24) is 14.8 Å². The Hall–Kier alpha value is -2.02. The fourth-order valence-electron chi connectivity index (χ4n) is 2.05. The highest BCUT2D eigenvalue weighted by Gasteiger charge is 2.17. The molecule has 1 saturated heterocycles. The molecule has 1 amide bonds. The molecule has 1 aliphatic heterocycles. The predicted molar refractivity (Wildman–Crippen MR) is 81.8 cm³/mol. The molecule has 2 aromatic heterocycles. The highest BCUT2D eigenvalue weighted by molar-refractivity contribution is 7.99. The van der Waals surface area contributed by atoms with Crippen molar-refractivity contribution >= 4 is 23.4 Å². The summed E-state index contributed by atoms with van der Waals surface area (Å²) in [7, 11) is 1.80. The number of hydrogen-bond acceptors (Lipinski definition) is 5. The zero-order valence-corrected chi connectivity index (χ0v) is 12.5. The number of rotatable bonds is 4. The summed E-state index contributed by atoms with van der Waals surface area (Å²) in [4.78, 5) is 16.2. The summed E-state index contributed by atoms with van der Waals surface area (Å²) in [6.45, 7) is 0. The summed E-state index contributed by atoms with van der Waals surface area (Å²) < 4.78 is 7.38. The fourth-order valence-corrected chi connectivity index (χ4v) is 3.14. The van der Waals surface area contributed by atoms with Crippen LogP contribution in [0.1, 0.15) is 16.8 Å². The van der Waals surface area contributed by atoms with E-state index < -0.39 is 0 Å². The largest absolute Gasteiger partial charge is 0.473 e. The van der Waals surface area contributed by atoms with E-state index in [4.69, 9.17) is 4.74 Å². The van der Waals surface area contributed by atoms with Gasteiger partial charge in [-0.05, 0) is 18.2 Å². The molecule has 6 nitrogen and oxygen atoms in total. The Morgan fingerprint density at radius 3 is 3.00 bits per heavy atom. The fraction of sp³-hybridized carbons (Fsp3) is 0.357. The van der Waals surface area contributed by atoms with Gasteiger partial charge >= 0.3 is 0 Å². The summed E-state index contributed by atoms with van der Waals surface area (Å²) in [6.07, 6.45) is 6.15. The number of ether oxygens (including phenoxy) is 1. The molecular weight excluding hydrogens is 288 g/mol. The number of thioether (sulfide) groups is 1. The lowest BCUT2D eigenvalue weighted by Crippen LogP contribution is -2.16. The highest BCUT2D eigenvalue weighted by atomic mass is 32.2. The molecule has 21 heavy (non-hydrogen) atoms. The van der Waals surface area contributed by atoms with E-state index >= 15 is 0 Å². The minimum atomic E-state index is -0.210. The predicted octanol–water partition coefficient (Wildman–Crippen LogP) is 1.95. The van der Waals surface area contributed by atoms with Gasteiger partial charge in [0.25, 0.3) is 5.91 Å². The van der Waals surface area contributed by atoms with Gasteiger partial charge in [-0.2, -0.15) is 16.9 Å². The molecular formula is C14H16N4O2S. The summed E-state index contributed by atoms with van der Waals surface area (Å²) in [6, 6.07) is 3.46. The lowest BCUT2D eigenvalue weighted by molar-refractivity contribution is 0.102. The smallest absolute Gasteiger partial charge is 0.257 e. The first kappa shape index (κ1) is 13.9. The molecule has 0 spiro atoms. The van der Waals surface area contributed by atoms with Crippen LogP contribution in [0.2, 0.25) is 0 Å². The quantitative estimate of drug-likeness (QED) is 0.935. The number of anilines is 1. The second-order valence-electron chi connectivity index (χ2n) is 4.85. The van der Waals surface area contributed by atoms with Crippen LogP contribution in [0.3, 0.4) is 0 Å². The lowest BCUT2D eigenvalue weighted by atomic mass is 10.2. The van der Waals surface area contributed by atoms with Crippen LogP contribution in [0.15, 0.2) is 30.7 Å². The maximum atomic E-state index is 12.0. The van der Waals surface area contributed by atoms with E-state index in [1.807, 2.05) is 11.8 Å². The minimum Gasteiger partial charge on any atom is -0.473 e. The number of carbonyl (C=O) groups excluding carboxylic acids is 1. The van der Waals surface area contributed by atoms with Gasteiger partial charge in [-0.3, -0.25) is 9.48 Å². The molecule has 0 aliphatic carbocycles. The van der Waals surface area contributed by atoms with Gasteiger partial charge in [0.1, 0.15) is 6.10 Å². The Kier molecular flexibility index (Phi) is 4.10. The van der Waals surface area contributed by atoms with Gasteiger partial charge in [0.15, 0.2) is 0 Å². The molecule has 3 rings (SSSR count). The van der Waals surface area contributed by atoms with Crippen LogP contribution < -0.4 is 10.1 Å². The van der Waals surface area contributed by atoms with E-state index in [0.29, 0.717) is 17.1 Å². The molecule has 1 unspecified atom stereocenters. The van der Waals surface area contributed by atoms with Gasteiger partial charge in [-0.1, -0.05) is 0 Å². The highest BCUT2D eigenvalue weighted by Crippen LogP contribution is 2.22. The van der Waals surface area contributed by atoms with Gasteiger partial charge in [-0.25, -0.2) is 4.98 Å².